The highest BCUT2D eigenvalue weighted by molar-refractivity contribution is 5.36. The van der Waals surface area contributed by atoms with Gasteiger partial charge in [-0.2, -0.15) is 0 Å². The molecular formula is C12H19NO. The molecule has 1 aromatic carbocycles. The molecule has 0 saturated carbocycles. The summed E-state index contributed by atoms with van der Waals surface area (Å²) in [5.41, 5.74) is 8.50. The first kappa shape index (κ1) is 11.1. The Hall–Kier alpha value is -1.02. The van der Waals surface area contributed by atoms with Crippen molar-refractivity contribution in [3.05, 3.63) is 29.3 Å². The fraction of sp³-hybridized carbons (Fsp3) is 0.500. The number of hydrogen-bond donors (Lipinski definition) is 1. The van der Waals surface area contributed by atoms with Crippen molar-refractivity contribution in [2.45, 2.75) is 32.7 Å². The molecule has 2 heteroatoms. The molecule has 1 rings (SSSR count). The van der Waals surface area contributed by atoms with Crippen LogP contribution in [0, 0.1) is 6.92 Å². The second kappa shape index (κ2) is 5.01. The zero-order valence-corrected chi connectivity index (χ0v) is 9.21. The molecule has 2 nitrogen and oxygen atoms in total. The van der Waals surface area contributed by atoms with Gasteiger partial charge in [-0.05, 0) is 36.6 Å². The first-order chi connectivity index (χ1) is 6.69. The molecule has 0 aliphatic heterocycles. The average Bonchev–Trinajstić information content (AvgIpc) is 2.17. The van der Waals surface area contributed by atoms with E-state index in [1.807, 2.05) is 12.1 Å². The first-order valence-corrected chi connectivity index (χ1v) is 5.09. The lowest BCUT2D eigenvalue weighted by molar-refractivity contribution is 0.414. The predicted octanol–water partition coefficient (Wildman–Crippen LogP) is 2.80. The SMILES string of the molecule is CCCC(N)c1ccc(OC)cc1C. The normalized spacial score (nSPS) is 12.6. The second-order valence-electron chi connectivity index (χ2n) is 3.62. The van der Waals surface area contributed by atoms with Crippen molar-refractivity contribution >= 4 is 0 Å². The Morgan fingerprint density at radius 1 is 1.43 bits per heavy atom. The largest absolute Gasteiger partial charge is 0.497 e. The summed E-state index contributed by atoms with van der Waals surface area (Å²) < 4.78 is 5.15. The Kier molecular flexibility index (Phi) is 3.96. The highest BCUT2D eigenvalue weighted by Gasteiger charge is 2.08. The maximum Gasteiger partial charge on any atom is 0.119 e. The van der Waals surface area contributed by atoms with Crippen LogP contribution in [0.25, 0.3) is 0 Å². The molecule has 2 N–H and O–H groups in total. The minimum Gasteiger partial charge on any atom is -0.497 e. The van der Waals surface area contributed by atoms with E-state index in [0.29, 0.717) is 0 Å². The molecule has 0 fully saturated rings. The zero-order valence-electron chi connectivity index (χ0n) is 9.21. The van der Waals surface area contributed by atoms with Gasteiger partial charge in [-0.1, -0.05) is 19.4 Å². The van der Waals surface area contributed by atoms with Crippen LogP contribution in [0.3, 0.4) is 0 Å². The molecular weight excluding hydrogens is 174 g/mol. The number of hydrogen-bond acceptors (Lipinski definition) is 2. The predicted molar refractivity (Wildman–Crippen MR) is 59.6 cm³/mol. The Morgan fingerprint density at radius 2 is 2.14 bits per heavy atom. The first-order valence-electron chi connectivity index (χ1n) is 5.09. The van der Waals surface area contributed by atoms with Crippen molar-refractivity contribution < 1.29 is 4.74 Å². The molecule has 1 atom stereocenters. The number of benzene rings is 1. The lowest BCUT2D eigenvalue weighted by Gasteiger charge is -2.14. The standard InChI is InChI=1S/C12H19NO/c1-4-5-12(13)11-7-6-10(14-3)8-9(11)2/h6-8,12H,4-5,13H2,1-3H3. The van der Waals surface area contributed by atoms with E-state index in [-0.39, 0.29) is 6.04 Å². The molecule has 0 bridgehead atoms. The summed E-state index contributed by atoms with van der Waals surface area (Å²) in [6, 6.07) is 6.22. The second-order valence-corrected chi connectivity index (χ2v) is 3.62. The van der Waals surface area contributed by atoms with Gasteiger partial charge >= 0.3 is 0 Å². The minimum atomic E-state index is 0.158. The summed E-state index contributed by atoms with van der Waals surface area (Å²) in [7, 11) is 1.68. The van der Waals surface area contributed by atoms with Crippen molar-refractivity contribution in [2.75, 3.05) is 7.11 Å². The summed E-state index contributed by atoms with van der Waals surface area (Å²) in [5, 5.41) is 0. The van der Waals surface area contributed by atoms with Gasteiger partial charge in [0.25, 0.3) is 0 Å². The number of rotatable bonds is 4. The number of methoxy groups -OCH3 is 1. The fourth-order valence-corrected chi connectivity index (χ4v) is 1.66. The Bertz CT molecular complexity index is 296. The third kappa shape index (κ3) is 2.48. The van der Waals surface area contributed by atoms with Crippen LogP contribution in [-0.2, 0) is 0 Å². The van der Waals surface area contributed by atoms with E-state index in [4.69, 9.17) is 10.5 Å². The third-order valence-corrected chi connectivity index (χ3v) is 2.48. The Balaban J connectivity index is 2.88. The van der Waals surface area contributed by atoms with Crippen LogP contribution in [0.15, 0.2) is 18.2 Å². The summed E-state index contributed by atoms with van der Waals surface area (Å²) in [5.74, 6) is 0.898. The molecule has 0 heterocycles. The Labute approximate surface area is 86.1 Å². The molecule has 0 aliphatic carbocycles. The molecule has 0 saturated heterocycles. The number of nitrogens with two attached hydrogens (primary N) is 1. The van der Waals surface area contributed by atoms with Gasteiger partial charge in [-0.25, -0.2) is 0 Å². The van der Waals surface area contributed by atoms with Gasteiger partial charge < -0.3 is 10.5 Å². The van der Waals surface area contributed by atoms with E-state index in [1.54, 1.807) is 7.11 Å². The van der Waals surface area contributed by atoms with Gasteiger partial charge in [0.2, 0.25) is 0 Å². The molecule has 0 aliphatic rings. The number of aryl methyl sites for hydroxylation is 1. The van der Waals surface area contributed by atoms with Crippen molar-refractivity contribution in [3.63, 3.8) is 0 Å². The van der Waals surface area contributed by atoms with Crippen molar-refractivity contribution in [2.24, 2.45) is 5.73 Å². The quantitative estimate of drug-likeness (QED) is 0.798. The zero-order chi connectivity index (χ0) is 10.6. The maximum atomic E-state index is 6.06. The summed E-state index contributed by atoms with van der Waals surface area (Å²) >= 11 is 0. The van der Waals surface area contributed by atoms with Crippen molar-refractivity contribution in [1.82, 2.24) is 0 Å². The molecule has 0 amide bonds. The molecule has 14 heavy (non-hydrogen) atoms. The van der Waals surface area contributed by atoms with Gasteiger partial charge in [0.15, 0.2) is 0 Å². The van der Waals surface area contributed by atoms with E-state index in [9.17, 15) is 0 Å². The summed E-state index contributed by atoms with van der Waals surface area (Å²) in [6.45, 7) is 4.23. The van der Waals surface area contributed by atoms with Crippen LogP contribution in [0.2, 0.25) is 0 Å². The number of ether oxygens (including phenoxy) is 1. The summed E-state index contributed by atoms with van der Waals surface area (Å²) in [6.07, 6.45) is 2.15. The van der Waals surface area contributed by atoms with E-state index in [0.717, 1.165) is 18.6 Å². The molecule has 78 valence electrons. The molecule has 1 unspecified atom stereocenters. The molecule has 0 radical (unpaired) electrons. The highest BCUT2D eigenvalue weighted by atomic mass is 16.5. The van der Waals surface area contributed by atoms with Gasteiger partial charge in [0.05, 0.1) is 7.11 Å². The molecule has 0 aromatic heterocycles. The van der Waals surface area contributed by atoms with E-state index < -0.39 is 0 Å². The molecule has 1 aromatic rings. The third-order valence-electron chi connectivity index (χ3n) is 2.48. The van der Waals surface area contributed by atoms with E-state index >= 15 is 0 Å². The van der Waals surface area contributed by atoms with Gasteiger partial charge in [0, 0.05) is 6.04 Å². The van der Waals surface area contributed by atoms with Crippen molar-refractivity contribution in [3.8, 4) is 5.75 Å². The van der Waals surface area contributed by atoms with Crippen LogP contribution >= 0.6 is 0 Å². The van der Waals surface area contributed by atoms with Crippen molar-refractivity contribution in [1.29, 1.82) is 0 Å². The fourth-order valence-electron chi connectivity index (χ4n) is 1.66. The van der Waals surface area contributed by atoms with Gasteiger partial charge in [-0.15, -0.1) is 0 Å². The topological polar surface area (TPSA) is 35.2 Å². The average molecular weight is 193 g/mol. The van der Waals surface area contributed by atoms with Crippen LogP contribution in [0.5, 0.6) is 5.75 Å². The smallest absolute Gasteiger partial charge is 0.119 e. The summed E-state index contributed by atoms with van der Waals surface area (Å²) in [4.78, 5) is 0. The monoisotopic (exact) mass is 193 g/mol. The van der Waals surface area contributed by atoms with Crippen LogP contribution < -0.4 is 10.5 Å². The maximum absolute atomic E-state index is 6.06. The van der Waals surface area contributed by atoms with E-state index in [1.165, 1.54) is 11.1 Å². The van der Waals surface area contributed by atoms with Crippen LogP contribution in [0.1, 0.15) is 36.9 Å². The molecule has 0 spiro atoms. The lowest BCUT2D eigenvalue weighted by atomic mass is 9.98. The Morgan fingerprint density at radius 3 is 2.64 bits per heavy atom. The van der Waals surface area contributed by atoms with Crippen LogP contribution in [0.4, 0.5) is 0 Å². The lowest BCUT2D eigenvalue weighted by Crippen LogP contribution is -2.11. The van der Waals surface area contributed by atoms with Gasteiger partial charge in [0.1, 0.15) is 5.75 Å². The highest BCUT2D eigenvalue weighted by Crippen LogP contribution is 2.23. The van der Waals surface area contributed by atoms with E-state index in [2.05, 4.69) is 19.9 Å². The van der Waals surface area contributed by atoms with Gasteiger partial charge in [-0.3, -0.25) is 0 Å². The minimum absolute atomic E-state index is 0.158. The van der Waals surface area contributed by atoms with Crippen LogP contribution in [-0.4, -0.2) is 7.11 Å².